The maximum Gasteiger partial charge on any atom is 0.419 e. The highest BCUT2D eigenvalue weighted by molar-refractivity contribution is 5.95. The van der Waals surface area contributed by atoms with Gasteiger partial charge in [0, 0.05) is 13.1 Å². The number of hydrogen-bond acceptors (Lipinski definition) is 3. The van der Waals surface area contributed by atoms with E-state index in [0.29, 0.717) is 6.07 Å². The molecule has 1 aliphatic rings. The number of aliphatic hydroxyl groups is 2. The Balaban J connectivity index is 2.32. The second-order valence-corrected chi connectivity index (χ2v) is 4.51. The van der Waals surface area contributed by atoms with Gasteiger partial charge < -0.3 is 15.1 Å². The van der Waals surface area contributed by atoms with E-state index in [9.17, 15) is 32.6 Å². The van der Waals surface area contributed by atoms with Crippen molar-refractivity contribution in [2.75, 3.05) is 13.1 Å². The molecular formula is C12H11F4NO3. The zero-order valence-electron chi connectivity index (χ0n) is 10.1. The largest absolute Gasteiger partial charge is 0.419 e. The summed E-state index contributed by atoms with van der Waals surface area (Å²) in [5.41, 5.74) is -2.26. The summed E-state index contributed by atoms with van der Waals surface area (Å²) in [6, 6.07) is 2.41. The fourth-order valence-electron chi connectivity index (χ4n) is 2.02. The summed E-state index contributed by atoms with van der Waals surface area (Å²) in [6.07, 6.45) is -7.27. The summed E-state index contributed by atoms with van der Waals surface area (Å²) in [6.45, 7) is -0.509. The summed E-state index contributed by atoms with van der Waals surface area (Å²) in [5.74, 6) is -2.65. The van der Waals surface area contributed by atoms with Gasteiger partial charge in [-0.1, -0.05) is 6.07 Å². The number of rotatable bonds is 1. The summed E-state index contributed by atoms with van der Waals surface area (Å²) in [4.78, 5) is 12.8. The number of amides is 1. The fourth-order valence-corrected chi connectivity index (χ4v) is 2.02. The van der Waals surface area contributed by atoms with Crippen LogP contribution >= 0.6 is 0 Å². The summed E-state index contributed by atoms with van der Waals surface area (Å²) < 4.78 is 51.4. The van der Waals surface area contributed by atoms with Crippen molar-refractivity contribution in [2.24, 2.45) is 0 Å². The number of alkyl halides is 3. The number of benzene rings is 1. The summed E-state index contributed by atoms with van der Waals surface area (Å²) >= 11 is 0. The normalized spacial score (nSPS) is 23.2. The first-order chi connectivity index (χ1) is 9.21. The maximum absolute atomic E-state index is 13.8. The van der Waals surface area contributed by atoms with Crippen molar-refractivity contribution in [2.45, 2.75) is 18.4 Å². The molecule has 1 aromatic carbocycles. The maximum atomic E-state index is 13.8. The molecule has 20 heavy (non-hydrogen) atoms. The molecule has 0 saturated carbocycles. The smallest absolute Gasteiger partial charge is 0.388 e. The van der Waals surface area contributed by atoms with Gasteiger partial charge in [-0.05, 0) is 12.1 Å². The van der Waals surface area contributed by atoms with Crippen molar-refractivity contribution >= 4 is 5.91 Å². The number of β-amino-alcohol motifs (C(OH)–C–C–N with tert-alkyl or cyclic N) is 2. The van der Waals surface area contributed by atoms with Crippen LogP contribution in [0.2, 0.25) is 0 Å². The third-order valence-corrected chi connectivity index (χ3v) is 3.08. The Kier molecular flexibility index (Phi) is 3.70. The Labute approximate surface area is 111 Å². The van der Waals surface area contributed by atoms with E-state index in [1.807, 2.05) is 0 Å². The molecular weight excluding hydrogens is 282 g/mol. The van der Waals surface area contributed by atoms with Gasteiger partial charge in [-0.3, -0.25) is 4.79 Å². The molecule has 110 valence electrons. The molecule has 0 spiro atoms. The van der Waals surface area contributed by atoms with Gasteiger partial charge in [-0.15, -0.1) is 0 Å². The van der Waals surface area contributed by atoms with Gasteiger partial charge in [0.15, 0.2) is 0 Å². The highest BCUT2D eigenvalue weighted by atomic mass is 19.4. The van der Waals surface area contributed by atoms with Crippen LogP contribution in [0, 0.1) is 5.82 Å². The molecule has 1 saturated heterocycles. The van der Waals surface area contributed by atoms with Gasteiger partial charge >= 0.3 is 6.18 Å². The molecule has 0 bridgehead atoms. The number of carbonyl (C=O) groups is 1. The number of hydrogen-bond donors (Lipinski definition) is 2. The number of aliphatic hydroxyl groups excluding tert-OH is 2. The average Bonchev–Trinajstić information content (AvgIpc) is 2.67. The lowest BCUT2D eigenvalue weighted by atomic mass is 10.1. The standard InChI is InChI=1S/C12H11F4NO3/c13-10-6(2-1-3-7(10)12(14,15)16)11(20)17-4-8(18)9(19)5-17/h1-3,8-9,18-19H,4-5H2/t8-,9+. The lowest BCUT2D eigenvalue weighted by Crippen LogP contribution is -2.31. The number of carbonyl (C=O) groups excluding carboxylic acids is 1. The predicted molar refractivity (Wildman–Crippen MR) is 59.3 cm³/mol. The van der Waals surface area contributed by atoms with Crippen LogP contribution in [-0.4, -0.2) is 46.3 Å². The minimum Gasteiger partial charge on any atom is -0.388 e. The molecule has 0 aromatic heterocycles. The number of nitrogens with zero attached hydrogens (tertiary/aromatic N) is 1. The van der Waals surface area contributed by atoms with Crippen LogP contribution in [0.3, 0.4) is 0 Å². The second kappa shape index (κ2) is 5.02. The average molecular weight is 293 g/mol. The first-order valence-corrected chi connectivity index (χ1v) is 5.73. The van der Waals surface area contributed by atoms with Crippen molar-refractivity contribution < 1.29 is 32.6 Å². The molecule has 2 N–H and O–H groups in total. The van der Waals surface area contributed by atoms with Gasteiger partial charge in [0.05, 0.1) is 23.3 Å². The highest BCUT2D eigenvalue weighted by Gasteiger charge is 2.38. The molecule has 0 aliphatic carbocycles. The van der Waals surface area contributed by atoms with Crippen LogP contribution in [0.25, 0.3) is 0 Å². The Hall–Kier alpha value is -1.67. The Bertz CT molecular complexity index is 522. The molecule has 1 heterocycles. The third kappa shape index (κ3) is 2.61. The van der Waals surface area contributed by atoms with E-state index in [1.54, 1.807) is 0 Å². The minimum atomic E-state index is -4.90. The molecule has 1 aromatic rings. The molecule has 4 nitrogen and oxygen atoms in total. The van der Waals surface area contributed by atoms with E-state index in [2.05, 4.69) is 0 Å². The number of halogens is 4. The fraction of sp³-hybridized carbons (Fsp3) is 0.417. The molecule has 8 heteroatoms. The minimum absolute atomic E-state index is 0.254. The van der Waals surface area contributed by atoms with Crippen LogP contribution < -0.4 is 0 Å². The van der Waals surface area contributed by atoms with Crippen molar-refractivity contribution in [1.82, 2.24) is 4.90 Å². The van der Waals surface area contributed by atoms with Crippen LogP contribution in [0.15, 0.2) is 18.2 Å². The monoisotopic (exact) mass is 293 g/mol. The molecule has 1 amide bonds. The van der Waals surface area contributed by atoms with E-state index in [-0.39, 0.29) is 13.1 Å². The first-order valence-electron chi connectivity index (χ1n) is 5.73. The van der Waals surface area contributed by atoms with Crippen LogP contribution in [-0.2, 0) is 6.18 Å². The van der Waals surface area contributed by atoms with E-state index >= 15 is 0 Å². The van der Waals surface area contributed by atoms with E-state index in [4.69, 9.17) is 0 Å². The predicted octanol–water partition coefficient (Wildman–Crippen LogP) is 1.02. The van der Waals surface area contributed by atoms with Gasteiger partial charge in [0.2, 0.25) is 0 Å². The molecule has 2 atom stereocenters. The SMILES string of the molecule is O=C(c1cccc(C(F)(F)F)c1F)N1C[C@@H](O)[C@@H](O)C1. The van der Waals surface area contributed by atoms with Crippen LogP contribution in [0.4, 0.5) is 17.6 Å². The van der Waals surface area contributed by atoms with Crippen LogP contribution in [0.5, 0.6) is 0 Å². The van der Waals surface area contributed by atoms with E-state index < -0.39 is 41.2 Å². The van der Waals surface area contributed by atoms with Gasteiger partial charge in [-0.2, -0.15) is 13.2 Å². The van der Waals surface area contributed by atoms with Crippen molar-refractivity contribution in [3.63, 3.8) is 0 Å². The lowest BCUT2D eigenvalue weighted by Gasteiger charge is -2.17. The summed E-state index contributed by atoms with van der Waals surface area (Å²) in [7, 11) is 0. The molecule has 1 aliphatic heterocycles. The molecule has 1 fully saturated rings. The van der Waals surface area contributed by atoms with Crippen molar-refractivity contribution in [1.29, 1.82) is 0 Å². The van der Waals surface area contributed by atoms with E-state index in [1.165, 1.54) is 0 Å². The highest BCUT2D eigenvalue weighted by Crippen LogP contribution is 2.32. The lowest BCUT2D eigenvalue weighted by molar-refractivity contribution is -0.140. The topological polar surface area (TPSA) is 60.8 Å². The first kappa shape index (κ1) is 14.7. The molecule has 0 radical (unpaired) electrons. The van der Waals surface area contributed by atoms with Gasteiger partial charge in [-0.25, -0.2) is 4.39 Å². The Morgan fingerprint density at radius 2 is 1.75 bits per heavy atom. The van der Waals surface area contributed by atoms with E-state index in [0.717, 1.165) is 17.0 Å². The zero-order chi connectivity index (χ0) is 15.1. The van der Waals surface area contributed by atoms with Crippen LogP contribution in [0.1, 0.15) is 15.9 Å². The van der Waals surface area contributed by atoms with Gasteiger partial charge in [0.1, 0.15) is 5.82 Å². The zero-order valence-corrected chi connectivity index (χ0v) is 10.1. The Morgan fingerprint density at radius 3 is 2.25 bits per heavy atom. The van der Waals surface area contributed by atoms with Crippen molar-refractivity contribution in [3.05, 3.63) is 35.1 Å². The van der Waals surface area contributed by atoms with Gasteiger partial charge in [0.25, 0.3) is 5.91 Å². The second-order valence-electron chi connectivity index (χ2n) is 4.51. The molecule has 2 rings (SSSR count). The Morgan fingerprint density at radius 1 is 1.20 bits per heavy atom. The van der Waals surface area contributed by atoms with Crippen molar-refractivity contribution in [3.8, 4) is 0 Å². The summed E-state index contributed by atoms with van der Waals surface area (Å²) in [5, 5.41) is 18.6. The number of likely N-dealkylation sites (tertiary alicyclic amines) is 1. The quantitative estimate of drug-likeness (QED) is 0.760. The third-order valence-electron chi connectivity index (χ3n) is 3.08. The molecule has 0 unspecified atom stereocenters.